The van der Waals surface area contributed by atoms with Crippen LogP contribution >= 0.6 is 0 Å². The van der Waals surface area contributed by atoms with Crippen molar-refractivity contribution in [2.45, 2.75) is 66.2 Å². The molecule has 0 spiro atoms. The standard InChI is InChI=1S/C12H22O4.C6H10O4/c1-3-5-9-15-11(13)7-8-12(14)16-10-6-4-2;1-3-9-5(7)6(8)10-4-2/h3-10H2,1-2H3;3-4H2,1-2H3. The van der Waals surface area contributed by atoms with Crippen LogP contribution in [0, 0.1) is 0 Å². The van der Waals surface area contributed by atoms with Crippen molar-refractivity contribution in [2.75, 3.05) is 26.4 Å². The molecule has 8 nitrogen and oxygen atoms in total. The quantitative estimate of drug-likeness (QED) is 0.234. The zero-order valence-electron chi connectivity index (χ0n) is 16.3. The number of ether oxygens (including phenoxy) is 4. The molecule has 0 saturated heterocycles. The molecule has 152 valence electrons. The first kappa shape index (κ1) is 26.1. The Bertz CT molecular complexity index is 368. The highest BCUT2D eigenvalue weighted by Gasteiger charge is 2.14. The Labute approximate surface area is 155 Å². The van der Waals surface area contributed by atoms with Gasteiger partial charge in [-0.25, -0.2) is 9.59 Å². The fraction of sp³-hybridized carbons (Fsp3) is 0.778. The molecule has 0 fully saturated rings. The normalized spacial score (nSPS) is 9.38. The summed E-state index contributed by atoms with van der Waals surface area (Å²) in [6.45, 7) is 8.57. The van der Waals surface area contributed by atoms with Crippen molar-refractivity contribution >= 4 is 23.9 Å². The lowest BCUT2D eigenvalue weighted by Gasteiger charge is -2.04. The molecule has 0 heterocycles. The summed E-state index contributed by atoms with van der Waals surface area (Å²) < 4.78 is 18.5. The summed E-state index contributed by atoms with van der Waals surface area (Å²) in [6, 6.07) is 0. The third-order valence-corrected chi connectivity index (χ3v) is 2.77. The van der Waals surface area contributed by atoms with Crippen LogP contribution in [0.4, 0.5) is 0 Å². The van der Waals surface area contributed by atoms with Crippen molar-refractivity contribution in [1.82, 2.24) is 0 Å². The molecule has 0 atom stereocenters. The Morgan fingerprint density at radius 1 is 0.577 bits per heavy atom. The average molecular weight is 376 g/mol. The van der Waals surface area contributed by atoms with Gasteiger partial charge in [0, 0.05) is 0 Å². The molecule has 8 heteroatoms. The SMILES string of the molecule is CCCCOC(=O)CCC(=O)OCCCC.CCOC(=O)C(=O)OCC. The van der Waals surface area contributed by atoms with E-state index in [0.29, 0.717) is 13.2 Å². The van der Waals surface area contributed by atoms with Gasteiger partial charge in [-0.05, 0) is 26.7 Å². The van der Waals surface area contributed by atoms with Crippen LogP contribution in [0.1, 0.15) is 66.2 Å². The number of carbonyl (C=O) groups is 4. The minimum absolute atomic E-state index is 0.120. The Balaban J connectivity index is 0. The van der Waals surface area contributed by atoms with Crippen molar-refractivity contribution in [3.8, 4) is 0 Å². The van der Waals surface area contributed by atoms with Gasteiger partial charge in [-0.3, -0.25) is 9.59 Å². The summed E-state index contributed by atoms with van der Waals surface area (Å²) in [5, 5.41) is 0. The van der Waals surface area contributed by atoms with Gasteiger partial charge in [-0.1, -0.05) is 26.7 Å². The average Bonchev–Trinajstić information content (AvgIpc) is 2.61. The molecule has 0 aliphatic rings. The summed E-state index contributed by atoms with van der Waals surface area (Å²) in [6.07, 6.45) is 3.96. The smallest absolute Gasteiger partial charge is 0.417 e. The molecule has 0 amide bonds. The second-order valence-electron chi connectivity index (χ2n) is 5.09. The predicted molar refractivity (Wildman–Crippen MR) is 94.2 cm³/mol. The van der Waals surface area contributed by atoms with Crippen LogP contribution in [0.2, 0.25) is 0 Å². The molecule has 0 bridgehead atoms. The molecule has 0 aliphatic carbocycles. The fourth-order valence-electron chi connectivity index (χ4n) is 1.39. The molecule has 0 rings (SSSR count). The zero-order chi connectivity index (χ0) is 20.2. The Morgan fingerprint density at radius 3 is 1.19 bits per heavy atom. The van der Waals surface area contributed by atoms with Crippen LogP contribution in [0.5, 0.6) is 0 Å². The van der Waals surface area contributed by atoms with Gasteiger partial charge in [0.15, 0.2) is 0 Å². The highest BCUT2D eigenvalue weighted by atomic mass is 16.6. The van der Waals surface area contributed by atoms with Crippen molar-refractivity contribution < 1.29 is 38.1 Å². The first-order valence-corrected chi connectivity index (χ1v) is 9.07. The first-order chi connectivity index (χ1) is 12.4. The van der Waals surface area contributed by atoms with Gasteiger partial charge in [0.1, 0.15) is 0 Å². The van der Waals surface area contributed by atoms with E-state index in [1.54, 1.807) is 13.8 Å². The molecular weight excluding hydrogens is 344 g/mol. The van der Waals surface area contributed by atoms with Gasteiger partial charge >= 0.3 is 23.9 Å². The monoisotopic (exact) mass is 376 g/mol. The molecule has 0 aromatic heterocycles. The van der Waals surface area contributed by atoms with Crippen molar-refractivity contribution in [3.63, 3.8) is 0 Å². The van der Waals surface area contributed by atoms with Gasteiger partial charge < -0.3 is 18.9 Å². The molecule has 0 aromatic carbocycles. The molecule has 0 radical (unpaired) electrons. The number of hydrogen-bond acceptors (Lipinski definition) is 8. The van der Waals surface area contributed by atoms with E-state index >= 15 is 0 Å². The zero-order valence-corrected chi connectivity index (χ0v) is 16.3. The van der Waals surface area contributed by atoms with E-state index in [4.69, 9.17) is 9.47 Å². The van der Waals surface area contributed by atoms with E-state index < -0.39 is 11.9 Å². The number of hydrogen-bond donors (Lipinski definition) is 0. The maximum Gasteiger partial charge on any atom is 0.417 e. The van der Waals surface area contributed by atoms with Crippen molar-refractivity contribution in [3.05, 3.63) is 0 Å². The molecule has 0 aromatic rings. The molecule has 0 aliphatic heterocycles. The van der Waals surface area contributed by atoms with E-state index in [1.165, 1.54) is 0 Å². The summed E-state index contributed by atoms with van der Waals surface area (Å²) in [5.41, 5.74) is 0. The predicted octanol–water partition coefficient (Wildman–Crippen LogP) is 2.57. The molecule has 26 heavy (non-hydrogen) atoms. The summed E-state index contributed by atoms with van der Waals surface area (Å²) in [7, 11) is 0. The summed E-state index contributed by atoms with van der Waals surface area (Å²) in [4.78, 5) is 43.1. The molecule has 0 saturated carbocycles. The van der Waals surface area contributed by atoms with E-state index in [9.17, 15) is 19.2 Å². The number of carbonyl (C=O) groups excluding carboxylic acids is 4. The highest BCUT2D eigenvalue weighted by molar-refractivity contribution is 6.29. The Hall–Kier alpha value is -2.12. The van der Waals surface area contributed by atoms with Gasteiger partial charge in [-0.15, -0.1) is 0 Å². The lowest BCUT2D eigenvalue weighted by Crippen LogP contribution is -2.19. The van der Waals surface area contributed by atoms with Crippen LogP contribution in [0.25, 0.3) is 0 Å². The molecule has 0 N–H and O–H groups in total. The van der Waals surface area contributed by atoms with E-state index in [-0.39, 0.29) is 38.0 Å². The maximum absolute atomic E-state index is 11.1. The number of rotatable bonds is 11. The van der Waals surface area contributed by atoms with E-state index in [0.717, 1.165) is 25.7 Å². The fourth-order valence-corrected chi connectivity index (χ4v) is 1.39. The van der Waals surface area contributed by atoms with Gasteiger partial charge in [0.05, 0.1) is 39.3 Å². The van der Waals surface area contributed by atoms with Crippen LogP contribution in [-0.4, -0.2) is 50.3 Å². The minimum Gasteiger partial charge on any atom is -0.466 e. The Kier molecular flexibility index (Phi) is 19.3. The Morgan fingerprint density at radius 2 is 0.923 bits per heavy atom. The highest BCUT2D eigenvalue weighted by Crippen LogP contribution is 1.99. The third-order valence-electron chi connectivity index (χ3n) is 2.77. The lowest BCUT2D eigenvalue weighted by molar-refractivity contribution is -0.167. The molecule has 0 unspecified atom stereocenters. The topological polar surface area (TPSA) is 105 Å². The number of esters is 4. The second-order valence-corrected chi connectivity index (χ2v) is 5.09. The van der Waals surface area contributed by atoms with Crippen LogP contribution in [0.15, 0.2) is 0 Å². The third kappa shape index (κ3) is 18.2. The van der Waals surface area contributed by atoms with Crippen LogP contribution < -0.4 is 0 Å². The van der Waals surface area contributed by atoms with Gasteiger partial charge in [0.25, 0.3) is 0 Å². The van der Waals surface area contributed by atoms with E-state index in [2.05, 4.69) is 9.47 Å². The van der Waals surface area contributed by atoms with Crippen molar-refractivity contribution in [1.29, 1.82) is 0 Å². The maximum atomic E-state index is 11.1. The second kappa shape index (κ2) is 19.2. The molecular formula is C18H32O8. The summed E-state index contributed by atoms with van der Waals surface area (Å²) >= 11 is 0. The minimum atomic E-state index is -0.927. The van der Waals surface area contributed by atoms with Crippen LogP contribution in [0.3, 0.4) is 0 Å². The van der Waals surface area contributed by atoms with E-state index in [1.807, 2.05) is 13.8 Å². The lowest BCUT2D eigenvalue weighted by atomic mass is 10.3. The summed E-state index contributed by atoms with van der Waals surface area (Å²) in [5.74, 6) is -2.49. The first-order valence-electron chi connectivity index (χ1n) is 9.07. The largest absolute Gasteiger partial charge is 0.466 e. The van der Waals surface area contributed by atoms with Gasteiger partial charge in [0.2, 0.25) is 0 Å². The van der Waals surface area contributed by atoms with Gasteiger partial charge in [-0.2, -0.15) is 0 Å². The number of unbranched alkanes of at least 4 members (excludes halogenated alkanes) is 2. The van der Waals surface area contributed by atoms with Crippen molar-refractivity contribution in [2.24, 2.45) is 0 Å². The van der Waals surface area contributed by atoms with Crippen LogP contribution in [-0.2, 0) is 38.1 Å².